The predicted octanol–water partition coefficient (Wildman–Crippen LogP) is 3.98. The van der Waals surface area contributed by atoms with Gasteiger partial charge in [0.25, 0.3) is 0 Å². The minimum Gasteiger partial charge on any atom is -0.495 e. The fourth-order valence-electron chi connectivity index (χ4n) is 3.13. The molecule has 4 aromatic rings. The first-order valence-corrected chi connectivity index (χ1v) is 8.92. The fourth-order valence-corrected chi connectivity index (χ4v) is 3.13. The molecule has 8 heteroatoms. The summed E-state index contributed by atoms with van der Waals surface area (Å²) >= 11 is 0. The molecule has 0 unspecified atom stereocenters. The average molecular weight is 396 g/mol. The molecular weight excluding hydrogens is 378 g/mol. The van der Waals surface area contributed by atoms with Gasteiger partial charge in [-0.2, -0.15) is 0 Å². The van der Waals surface area contributed by atoms with E-state index in [0.717, 1.165) is 5.56 Å². The highest BCUT2D eigenvalue weighted by molar-refractivity contribution is 5.90. The zero-order valence-corrected chi connectivity index (χ0v) is 15.5. The van der Waals surface area contributed by atoms with Crippen LogP contribution in [0.1, 0.15) is 0 Å². The van der Waals surface area contributed by atoms with Gasteiger partial charge in [-0.1, -0.05) is 0 Å². The Kier molecular flexibility index (Phi) is 5.09. The van der Waals surface area contributed by atoms with Gasteiger partial charge < -0.3 is 20.1 Å². The number of aliphatic hydroxyl groups excluding tert-OH is 1. The molecule has 3 heterocycles. The van der Waals surface area contributed by atoms with Crippen molar-refractivity contribution in [3.05, 3.63) is 60.6 Å². The van der Waals surface area contributed by atoms with Crippen LogP contribution in [0.15, 0.2) is 48.9 Å². The highest BCUT2D eigenvalue weighted by Gasteiger charge is 2.18. The minimum atomic E-state index is -0.694. The number of aliphatic hydroxyl groups is 1. The SMILES string of the molecule is COc1cncc(-c2c(F)cc3[nH]c(-c4ccc(NCCO)nc4)cc3c2F)c1. The van der Waals surface area contributed by atoms with Crippen LogP contribution in [-0.4, -0.2) is 40.3 Å². The molecule has 0 aliphatic carbocycles. The number of ether oxygens (including phenoxy) is 1. The van der Waals surface area contributed by atoms with Gasteiger partial charge in [-0.15, -0.1) is 0 Å². The summed E-state index contributed by atoms with van der Waals surface area (Å²) in [5, 5.41) is 12.1. The summed E-state index contributed by atoms with van der Waals surface area (Å²) in [7, 11) is 1.47. The zero-order valence-electron chi connectivity index (χ0n) is 15.5. The number of anilines is 1. The standard InChI is InChI=1S/C21H18F2N4O2/c1-29-14-6-13(9-24-11-14)20-16(22)8-18-15(21(20)23)7-17(27-18)12-2-3-19(26-10-12)25-4-5-28/h2-3,6-11,27-28H,4-5H2,1H3,(H,25,26). The lowest BCUT2D eigenvalue weighted by Gasteiger charge is -2.07. The van der Waals surface area contributed by atoms with Crippen molar-refractivity contribution in [1.82, 2.24) is 15.0 Å². The van der Waals surface area contributed by atoms with Gasteiger partial charge in [0, 0.05) is 41.1 Å². The molecular formula is C21H18F2N4O2. The molecule has 6 nitrogen and oxygen atoms in total. The molecule has 0 aliphatic rings. The van der Waals surface area contributed by atoms with Crippen LogP contribution in [0.2, 0.25) is 0 Å². The Morgan fingerprint density at radius 1 is 1.10 bits per heavy atom. The minimum absolute atomic E-state index is 0.00142. The van der Waals surface area contributed by atoms with Crippen molar-refractivity contribution >= 4 is 16.7 Å². The molecule has 3 N–H and O–H groups in total. The summed E-state index contributed by atoms with van der Waals surface area (Å²) in [5.41, 5.74) is 1.82. The highest BCUT2D eigenvalue weighted by Crippen LogP contribution is 2.35. The van der Waals surface area contributed by atoms with E-state index in [2.05, 4.69) is 20.3 Å². The Labute approximate surface area is 165 Å². The van der Waals surface area contributed by atoms with Gasteiger partial charge in [0.05, 0.1) is 31.0 Å². The number of methoxy groups -OCH3 is 1. The summed E-state index contributed by atoms with van der Waals surface area (Å²) in [6.07, 6.45) is 4.48. The second kappa shape index (κ2) is 7.84. The van der Waals surface area contributed by atoms with E-state index < -0.39 is 11.6 Å². The summed E-state index contributed by atoms with van der Waals surface area (Å²) in [6.45, 7) is 0.395. The number of fused-ring (bicyclic) bond motifs is 1. The van der Waals surface area contributed by atoms with Crippen LogP contribution in [0.5, 0.6) is 5.75 Å². The van der Waals surface area contributed by atoms with Crippen molar-refractivity contribution in [3.63, 3.8) is 0 Å². The Hall–Kier alpha value is -3.52. The molecule has 3 aromatic heterocycles. The largest absolute Gasteiger partial charge is 0.495 e. The van der Waals surface area contributed by atoms with Gasteiger partial charge >= 0.3 is 0 Å². The van der Waals surface area contributed by atoms with E-state index >= 15 is 4.39 Å². The average Bonchev–Trinajstić information content (AvgIpc) is 3.17. The van der Waals surface area contributed by atoms with E-state index in [1.165, 1.54) is 31.6 Å². The van der Waals surface area contributed by atoms with Gasteiger partial charge in [0.1, 0.15) is 23.2 Å². The normalized spacial score (nSPS) is 11.0. The van der Waals surface area contributed by atoms with Crippen LogP contribution in [-0.2, 0) is 0 Å². The summed E-state index contributed by atoms with van der Waals surface area (Å²) in [5.74, 6) is -0.340. The maximum Gasteiger partial charge on any atom is 0.143 e. The Morgan fingerprint density at radius 3 is 2.69 bits per heavy atom. The molecule has 0 saturated carbocycles. The maximum absolute atomic E-state index is 15.2. The van der Waals surface area contributed by atoms with Gasteiger partial charge in [-0.25, -0.2) is 13.8 Å². The zero-order chi connectivity index (χ0) is 20.4. The third-order valence-corrected chi connectivity index (χ3v) is 4.54. The molecule has 0 fully saturated rings. The third-order valence-electron chi connectivity index (χ3n) is 4.54. The van der Waals surface area contributed by atoms with E-state index in [-0.39, 0.29) is 17.6 Å². The fraction of sp³-hybridized carbons (Fsp3) is 0.143. The van der Waals surface area contributed by atoms with E-state index in [9.17, 15) is 4.39 Å². The van der Waals surface area contributed by atoms with Crippen molar-refractivity contribution in [2.24, 2.45) is 0 Å². The summed E-state index contributed by atoms with van der Waals surface area (Å²) < 4.78 is 35.0. The van der Waals surface area contributed by atoms with Gasteiger partial charge in [0.15, 0.2) is 0 Å². The number of hydrogen-bond donors (Lipinski definition) is 3. The van der Waals surface area contributed by atoms with Crippen molar-refractivity contribution in [2.45, 2.75) is 0 Å². The quantitative estimate of drug-likeness (QED) is 0.459. The Bertz CT molecular complexity index is 1160. The first-order valence-electron chi connectivity index (χ1n) is 8.92. The number of hydrogen-bond acceptors (Lipinski definition) is 5. The molecule has 0 bridgehead atoms. The van der Waals surface area contributed by atoms with Crippen molar-refractivity contribution in [3.8, 4) is 28.1 Å². The van der Waals surface area contributed by atoms with Crippen LogP contribution in [0.25, 0.3) is 33.3 Å². The van der Waals surface area contributed by atoms with E-state index in [1.807, 2.05) is 0 Å². The Balaban J connectivity index is 1.75. The molecule has 0 radical (unpaired) electrons. The Morgan fingerprint density at radius 2 is 1.97 bits per heavy atom. The van der Waals surface area contributed by atoms with E-state index in [4.69, 9.17) is 9.84 Å². The number of nitrogens with zero attached hydrogens (tertiary/aromatic N) is 2. The predicted molar refractivity (Wildman–Crippen MR) is 107 cm³/mol. The molecule has 0 saturated heterocycles. The number of nitrogens with one attached hydrogen (secondary N) is 2. The topological polar surface area (TPSA) is 83.1 Å². The molecule has 0 amide bonds. The highest BCUT2D eigenvalue weighted by atomic mass is 19.1. The third kappa shape index (κ3) is 3.62. The first-order chi connectivity index (χ1) is 14.1. The maximum atomic E-state index is 15.2. The van der Waals surface area contributed by atoms with Crippen LogP contribution in [0.4, 0.5) is 14.6 Å². The number of benzene rings is 1. The monoisotopic (exact) mass is 396 g/mol. The summed E-state index contributed by atoms with van der Waals surface area (Å²) in [6, 6.07) is 7.98. The van der Waals surface area contributed by atoms with Crippen molar-refractivity contribution in [1.29, 1.82) is 0 Å². The lowest BCUT2D eigenvalue weighted by Crippen LogP contribution is -2.06. The molecule has 0 atom stereocenters. The first kappa shape index (κ1) is 18.8. The van der Waals surface area contributed by atoms with Crippen molar-refractivity contribution < 1.29 is 18.6 Å². The molecule has 148 valence electrons. The molecule has 0 spiro atoms. The summed E-state index contributed by atoms with van der Waals surface area (Å²) in [4.78, 5) is 11.3. The van der Waals surface area contributed by atoms with E-state index in [0.29, 0.717) is 34.9 Å². The number of rotatable bonds is 6. The van der Waals surface area contributed by atoms with Gasteiger partial charge in [-0.3, -0.25) is 4.98 Å². The molecule has 1 aromatic carbocycles. The smallest absolute Gasteiger partial charge is 0.143 e. The van der Waals surface area contributed by atoms with Crippen LogP contribution >= 0.6 is 0 Å². The van der Waals surface area contributed by atoms with Crippen LogP contribution in [0, 0.1) is 11.6 Å². The van der Waals surface area contributed by atoms with Crippen LogP contribution in [0.3, 0.4) is 0 Å². The molecule has 0 aliphatic heterocycles. The molecule has 4 rings (SSSR count). The number of aromatic nitrogens is 3. The number of pyridine rings is 2. The lowest BCUT2D eigenvalue weighted by atomic mass is 10.0. The van der Waals surface area contributed by atoms with Gasteiger partial charge in [0.2, 0.25) is 0 Å². The second-order valence-electron chi connectivity index (χ2n) is 6.39. The second-order valence-corrected chi connectivity index (χ2v) is 6.39. The number of halogens is 2. The van der Waals surface area contributed by atoms with Crippen LogP contribution < -0.4 is 10.1 Å². The van der Waals surface area contributed by atoms with E-state index in [1.54, 1.807) is 24.4 Å². The molecule has 29 heavy (non-hydrogen) atoms. The van der Waals surface area contributed by atoms with Gasteiger partial charge in [-0.05, 0) is 30.3 Å². The number of H-pyrrole nitrogens is 1. The van der Waals surface area contributed by atoms with Crippen molar-refractivity contribution in [2.75, 3.05) is 25.6 Å². The lowest BCUT2D eigenvalue weighted by molar-refractivity contribution is 0.311. The number of aromatic amines is 1.